The summed E-state index contributed by atoms with van der Waals surface area (Å²) in [6.07, 6.45) is 1.63. The van der Waals surface area contributed by atoms with Gasteiger partial charge in [-0.3, -0.25) is 9.59 Å². The van der Waals surface area contributed by atoms with Gasteiger partial charge >= 0.3 is 0 Å². The summed E-state index contributed by atoms with van der Waals surface area (Å²) in [6, 6.07) is 16.4. The van der Waals surface area contributed by atoms with E-state index in [1.807, 2.05) is 0 Å². The molecule has 0 spiro atoms. The summed E-state index contributed by atoms with van der Waals surface area (Å²) in [5, 5.41) is 0.125. The number of nitrogens with zero attached hydrogens (tertiary/aromatic N) is 1. The molecule has 1 heterocycles. The Morgan fingerprint density at radius 2 is 1.85 bits per heavy atom. The van der Waals surface area contributed by atoms with Crippen LogP contribution >= 0.6 is 46.0 Å². The topological polar surface area (TPSA) is 55.8 Å². The number of anilines is 1. The summed E-state index contributed by atoms with van der Waals surface area (Å²) in [4.78, 5) is 26.8. The standard InChI is InChI=1S/C24H16ClFINO4S/c1-31-20-11-14(10-19(27)22(20)32-13-15-4-2-3-5-18(15)26)12-21-23(29)28(24(30)33-21)17-8-6-16(25)7-9-17/h2-12H,13H2,1H3/b21-12+. The van der Waals surface area contributed by atoms with Crippen molar-refractivity contribution in [2.24, 2.45) is 0 Å². The largest absolute Gasteiger partial charge is 0.493 e. The Labute approximate surface area is 212 Å². The third-order valence-electron chi connectivity index (χ3n) is 4.76. The zero-order valence-corrected chi connectivity index (χ0v) is 20.9. The Bertz CT molecular complexity index is 1270. The lowest BCUT2D eigenvalue weighted by Crippen LogP contribution is -2.27. The molecular weight excluding hydrogens is 580 g/mol. The van der Waals surface area contributed by atoms with Gasteiger partial charge in [-0.25, -0.2) is 9.29 Å². The number of halogens is 3. The van der Waals surface area contributed by atoms with Gasteiger partial charge in [0.2, 0.25) is 0 Å². The minimum absolute atomic E-state index is 0.0400. The van der Waals surface area contributed by atoms with E-state index in [1.165, 1.54) is 13.2 Å². The Kier molecular flexibility index (Phi) is 7.26. The molecule has 0 N–H and O–H groups in total. The molecule has 33 heavy (non-hydrogen) atoms. The van der Waals surface area contributed by atoms with Gasteiger partial charge in [0, 0.05) is 10.6 Å². The van der Waals surface area contributed by atoms with Crippen LogP contribution in [0.2, 0.25) is 5.02 Å². The Morgan fingerprint density at radius 3 is 2.55 bits per heavy atom. The zero-order chi connectivity index (χ0) is 23.5. The molecule has 0 aliphatic carbocycles. The molecule has 0 saturated carbocycles. The van der Waals surface area contributed by atoms with Crippen LogP contribution in [0.25, 0.3) is 6.08 Å². The van der Waals surface area contributed by atoms with E-state index < -0.39 is 5.91 Å². The number of amides is 2. The molecule has 5 nitrogen and oxygen atoms in total. The fourth-order valence-electron chi connectivity index (χ4n) is 3.16. The molecule has 1 fully saturated rings. The smallest absolute Gasteiger partial charge is 0.298 e. The summed E-state index contributed by atoms with van der Waals surface area (Å²) >= 11 is 8.85. The van der Waals surface area contributed by atoms with Crippen LogP contribution in [0.4, 0.5) is 14.9 Å². The molecular formula is C24H16ClFINO4S. The van der Waals surface area contributed by atoms with Gasteiger partial charge in [-0.1, -0.05) is 29.8 Å². The van der Waals surface area contributed by atoms with Crippen molar-refractivity contribution in [2.75, 3.05) is 12.0 Å². The first-order valence-electron chi connectivity index (χ1n) is 9.64. The van der Waals surface area contributed by atoms with E-state index in [1.54, 1.807) is 60.7 Å². The molecule has 1 aliphatic heterocycles. The zero-order valence-electron chi connectivity index (χ0n) is 17.2. The van der Waals surface area contributed by atoms with Crippen LogP contribution in [0.1, 0.15) is 11.1 Å². The first-order chi connectivity index (χ1) is 15.9. The SMILES string of the molecule is COc1cc(/C=C2/SC(=O)N(c3ccc(Cl)cc3)C2=O)cc(I)c1OCc1ccccc1F. The van der Waals surface area contributed by atoms with Gasteiger partial charge in [0.25, 0.3) is 11.1 Å². The van der Waals surface area contributed by atoms with Crippen LogP contribution in [-0.2, 0) is 11.4 Å². The van der Waals surface area contributed by atoms with E-state index in [0.717, 1.165) is 16.7 Å². The Morgan fingerprint density at radius 1 is 1.12 bits per heavy atom. The van der Waals surface area contributed by atoms with Crippen molar-refractivity contribution < 1.29 is 23.5 Å². The number of methoxy groups -OCH3 is 1. The lowest BCUT2D eigenvalue weighted by Gasteiger charge is -2.14. The number of rotatable bonds is 6. The molecule has 0 radical (unpaired) electrons. The number of carbonyl (C=O) groups is 2. The molecule has 4 rings (SSSR count). The summed E-state index contributed by atoms with van der Waals surface area (Å²) < 4.78 is 25.9. The van der Waals surface area contributed by atoms with Crippen molar-refractivity contribution in [1.82, 2.24) is 0 Å². The fraction of sp³-hybridized carbons (Fsp3) is 0.0833. The Hall–Kier alpha value is -2.56. The molecule has 0 unspecified atom stereocenters. The normalized spacial score (nSPS) is 14.8. The van der Waals surface area contributed by atoms with Gasteiger partial charge in [0.15, 0.2) is 11.5 Å². The number of hydrogen-bond donors (Lipinski definition) is 0. The number of benzene rings is 3. The van der Waals surface area contributed by atoms with Crippen molar-refractivity contribution in [3.63, 3.8) is 0 Å². The fourth-order valence-corrected chi connectivity index (χ4v) is 4.91. The third-order valence-corrected chi connectivity index (χ3v) is 6.68. The third kappa shape index (κ3) is 5.18. The van der Waals surface area contributed by atoms with Crippen molar-refractivity contribution in [3.05, 3.63) is 91.1 Å². The highest BCUT2D eigenvalue weighted by Gasteiger charge is 2.36. The van der Waals surface area contributed by atoms with E-state index in [0.29, 0.717) is 36.9 Å². The van der Waals surface area contributed by atoms with Crippen molar-refractivity contribution in [1.29, 1.82) is 0 Å². The lowest BCUT2D eigenvalue weighted by molar-refractivity contribution is -0.113. The van der Waals surface area contributed by atoms with Crippen molar-refractivity contribution in [2.45, 2.75) is 6.61 Å². The molecule has 1 aliphatic rings. The number of thioether (sulfide) groups is 1. The lowest BCUT2D eigenvalue weighted by atomic mass is 10.1. The monoisotopic (exact) mass is 595 g/mol. The van der Waals surface area contributed by atoms with Gasteiger partial charge in [-0.2, -0.15) is 0 Å². The highest BCUT2D eigenvalue weighted by Crippen LogP contribution is 2.39. The molecule has 0 aromatic heterocycles. The molecule has 9 heteroatoms. The number of carbonyl (C=O) groups excluding carboxylic acids is 2. The van der Waals surface area contributed by atoms with Gasteiger partial charge in [-0.05, 0) is 88.5 Å². The Balaban J connectivity index is 1.58. The minimum atomic E-state index is -0.416. The van der Waals surface area contributed by atoms with Crippen LogP contribution in [0, 0.1) is 9.39 Å². The van der Waals surface area contributed by atoms with Crippen LogP contribution in [0.15, 0.2) is 65.6 Å². The van der Waals surface area contributed by atoms with Gasteiger partial charge in [-0.15, -0.1) is 0 Å². The average molecular weight is 596 g/mol. The molecule has 0 bridgehead atoms. The first kappa shape index (κ1) is 23.6. The molecule has 0 atom stereocenters. The van der Waals surface area contributed by atoms with E-state index in [2.05, 4.69) is 22.6 Å². The second-order valence-electron chi connectivity index (χ2n) is 6.91. The second-order valence-corrected chi connectivity index (χ2v) is 9.50. The van der Waals surface area contributed by atoms with Crippen LogP contribution < -0.4 is 14.4 Å². The summed E-state index contributed by atoms with van der Waals surface area (Å²) in [6.45, 7) is 0.0400. The molecule has 3 aromatic carbocycles. The molecule has 1 saturated heterocycles. The maximum absolute atomic E-state index is 13.9. The maximum atomic E-state index is 13.9. The van der Waals surface area contributed by atoms with E-state index >= 15 is 0 Å². The van der Waals surface area contributed by atoms with E-state index in [-0.39, 0.29) is 22.6 Å². The maximum Gasteiger partial charge on any atom is 0.298 e. The van der Waals surface area contributed by atoms with Gasteiger partial charge in [0.05, 0.1) is 21.3 Å². The number of hydrogen-bond acceptors (Lipinski definition) is 5. The molecule has 3 aromatic rings. The molecule has 2 amide bonds. The van der Waals surface area contributed by atoms with Gasteiger partial charge < -0.3 is 9.47 Å². The number of ether oxygens (including phenoxy) is 2. The predicted octanol–water partition coefficient (Wildman–Crippen LogP) is 6.91. The summed E-state index contributed by atoms with van der Waals surface area (Å²) in [5.74, 6) is 0.134. The molecule has 168 valence electrons. The summed E-state index contributed by atoms with van der Waals surface area (Å²) in [5.41, 5.74) is 1.54. The summed E-state index contributed by atoms with van der Waals surface area (Å²) in [7, 11) is 1.50. The minimum Gasteiger partial charge on any atom is -0.493 e. The average Bonchev–Trinajstić information content (AvgIpc) is 3.07. The second kappa shape index (κ2) is 10.1. The van der Waals surface area contributed by atoms with Crippen LogP contribution in [0.3, 0.4) is 0 Å². The quantitative estimate of drug-likeness (QED) is 0.229. The predicted molar refractivity (Wildman–Crippen MR) is 136 cm³/mol. The first-order valence-corrected chi connectivity index (χ1v) is 11.9. The highest BCUT2D eigenvalue weighted by molar-refractivity contribution is 14.1. The van der Waals surface area contributed by atoms with Gasteiger partial charge in [0.1, 0.15) is 12.4 Å². The van der Waals surface area contributed by atoms with Crippen LogP contribution in [-0.4, -0.2) is 18.3 Å². The van der Waals surface area contributed by atoms with Crippen molar-refractivity contribution in [3.8, 4) is 11.5 Å². The highest BCUT2D eigenvalue weighted by atomic mass is 127. The number of imide groups is 1. The van der Waals surface area contributed by atoms with E-state index in [9.17, 15) is 14.0 Å². The van der Waals surface area contributed by atoms with Crippen LogP contribution in [0.5, 0.6) is 11.5 Å². The van der Waals surface area contributed by atoms with Crippen molar-refractivity contribution >= 4 is 68.9 Å². The van der Waals surface area contributed by atoms with E-state index in [4.69, 9.17) is 21.1 Å².